The summed E-state index contributed by atoms with van der Waals surface area (Å²) in [5, 5.41) is 17.2. The predicted molar refractivity (Wildman–Crippen MR) is 161 cm³/mol. The third-order valence-corrected chi connectivity index (χ3v) is 9.52. The summed E-state index contributed by atoms with van der Waals surface area (Å²) in [6.07, 6.45) is 9.21. The molecule has 2 aromatic heterocycles. The highest BCUT2D eigenvalue weighted by Crippen LogP contribution is 2.27. The molecule has 3 heterocycles. The van der Waals surface area contributed by atoms with E-state index in [2.05, 4.69) is 41.3 Å². The van der Waals surface area contributed by atoms with Crippen molar-refractivity contribution in [2.45, 2.75) is 68.0 Å². The number of halogens is 1. The Bertz CT molecular complexity index is 1520. The van der Waals surface area contributed by atoms with Crippen LogP contribution in [0.15, 0.2) is 62.8 Å². The number of aliphatic carboxylic acids is 1. The molecule has 1 aliphatic rings. The Morgan fingerprint density at radius 1 is 1.17 bits per heavy atom. The van der Waals surface area contributed by atoms with Gasteiger partial charge in [-0.05, 0) is 69.0 Å². The Kier molecular flexibility index (Phi) is 10.8. The fraction of sp³-hybridized carbons (Fsp3) is 0.407. The van der Waals surface area contributed by atoms with E-state index in [0.29, 0.717) is 40.4 Å². The largest absolute Gasteiger partial charge is 0.480 e. The highest BCUT2D eigenvalue weighted by molar-refractivity contribution is 9.10. The summed E-state index contributed by atoms with van der Waals surface area (Å²) in [4.78, 5) is 33.4. The van der Waals surface area contributed by atoms with Crippen LogP contribution in [-0.2, 0) is 26.2 Å². The first-order valence-electron chi connectivity index (χ1n) is 13.3. The fourth-order valence-corrected chi connectivity index (χ4v) is 6.95. The van der Waals surface area contributed by atoms with E-state index < -0.39 is 22.0 Å². The summed E-state index contributed by atoms with van der Waals surface area (Å²) >= 11 is 4.41. The van der Waals surface area contributed by atoms with Crippen LogP contribution in [0.1, 0.15) is 44.3 Å². The van der Waals surface area contributed by atoms with Crippen molar-refractivity contribution in [3.05, 3.63) is 58.7 Å². The number of carboxylic acid groups (broad SMARTS) is 1. The van der Waals surface area contributed by atoms with Crippen molar-refractivity contribution >= 4 is 60.6 Å². The lowest BCUT2D eigenvalue weighted by Crippen LogP contribution is -2.42. The number of benzene rings is 1. The molecule has 1 aliphatic heterocycles. The molecule has 0 saturated heterocycles. The lowest BCUT2D eigenvalue weighted by Gasteiger charge is -2.15. The van der Waals surface area contributed by atoms with Gasteiger partial charge in [-0.3, -0.25) is 9.59 Å². The number of aromatic nitrogens is 3. The maximum Gasteiger partial charge on any atom is 0.322 e. The van der Waals surface area contributed by atoms with Gasteiger partial charge in [-0.25, -0.2) is 18.4 Å². The van der Waals surface area contributed by atoms with Gasteiger partial charge in [0.25, 0.3) is 0 Å². The highest BCUT2D eigenvalue weighted by atomic mass is 79.9. The Balaban J connectivity index is 1.38. The first-order valence-corrected chi connectivity index (χ1v) is 16.6. The quantitative estimate of drug-likeness (QED) is 0.166. The van der Waals surface area contributed by atoms with E-state index in [1.54, 1.807) is 19.1 Å². The molecular formula is C27H33BrN6O5S2. The van der Waals surface area contributed by atoms with E-state index in [-0.39, 0.29) is 16.6 Å². The summed E-state index contributed by atoms with van der Waals surface area (Å²) in [5.41, 5.74) is 0.673. The minimum absolute atomic E-state index is 0.0272. The van der Waals surface area contributed by atoms with Crippen LogP contribution < -0.4 is 15.4 Å². The van der Waals surface area contributed by atoms with Crippen LogP contribution in [0.3, 0.4) is 0 Å². The Morgan fingerprint density at radius 3 is 2.71 bits per heavy atom. The maximum absolute atomic E-state index is 12.8. The molecular weight excluding hydrogens is 632 g/mol. The summed E-state index contributed by atoms with van der Waals surface area (Å²) in [5.74, 6) is -0.131. The molecule has 220 valence electrons. The smallest absolute Gasteiger partial charge is 0.322 e. The van der Waals surface area contributed by atoms with Crippen LogP contribution in [0.5, 0.6) is 0 Å². The van der Waals surface area contributed by atoms with Crippen molar-refractivity contribution in [3.8, 4) is 0 Å². The van der Waals surface area contributed by atoms with Gasteiger partial charge in [0.1, 0.15) is 28.4 Å². The zero-order valence-electron chi connectivity index (χ0n) is 22.6. The summed E-state index contributed by atoms with van der Waals surface area (Å²) in [6.45, 7) is 3.16. The second kappa shape index (κ2) is 14.3. The molecule has 3 aromatic rings. The Morgan fingerprint density at radius 2 is 1.95 bits per heavy atom. The molecule has 0 radical (unpaired) electrons. The number of carbonyl (C=O) groups is 2. The first kappa shape index (κ1) is 31.0. The van der Waals surface area contributed by atoms with E-state index in [1.165, 1.54) is 18.6 Å². The minimum Gasteiger partial charge on any atom is -0.480 e. The van der Waals surface area contributed by atoms with Crippen LogP contribution in [0.25, 0.3) is 11.0 Å². The zero-order chi connectivity index (χ0) is 29.4. The summed E-state index contributed by atoms with van der Waals surface area (Å²) in [7, 11) is -4.04. The molecule has 0 aliphatic carbocycles. The third-order valence-electron chi connectivity index (χ3n) is 6.42. The molecule has 41 heavy (non-hydrogen) atoms. The number of fused-ring (bicyclic) bond motifs is 1. The van der Waals surface area contributed by atoms with Gasteiger partial charge in [0.15, 0.2) is 0 Å². The molecule has 1 atom stereocenters. The SMILES string of the molecule is Cc1nc(SC[C@H](NS(=O)(=O)c2ccc(Br)cc2)C(=O)O)c2ccn(CCCC(=O)NC3=CCCCCCN3)c2n1. The van der Waals surface area contributed by atoms with E-state index in [1.807, 2.05) is 22.9 Å². The molecule has 0 spiro atoms. The monoisotopic (exact) mass is 664 g/mol. The second-order valence-corrected chi connectivity index (χ2v) is 13.3. The predicted octanol–water partition coefficient (Wildman–Crippen LogP) is 3.93. The molecule has 4 rings (SSSR count). The van der Waals surface area contributed by atoms with Crippen molar-refractivity contribution in [1.29, 1.82) is 0 Å². The second-order valence-electron chi connectivity index (χ2n) is 9.65. The standard InChI is InChI=1S/C27H33BrN6O5S2/c1-18-30-25-21(13-16-34(25)15-6-8-24(35)32-23-7-4-2-3-5-14-29-23)26(31-18)40-17-22(27(36)37)33-41(38,39)20-11-9-19(28)10-12-20/h7,9-13,16,22,29,33H,2-6,8,14-15,17H2,1H3,(H,32,35)(H,36,37)/t22-/m0/s1. The van der Waals surface area contributed by atoms with Crippen molar-refractivity contribution in [2.75, 3.05) is 12.3 Å². The van der Waals surface area contributed by atoms with Crippen LogP contribution in [0.2, 0.25) is 0 Å². The first-order chi connectivity index (χ1) is 19.6. The molecule has 1 aromatic carbocycles. The zero-order valence-corrected chi connectivity index (χ0v) is 25.8. The average molecular weight is 666 g/mol. The van der Waals surface area contributed by atoms with Gasteiger partial charge in [-0.2, -0.15) is 4.72 Å². The van der Waals surface area contributed by atoms with E-state index in [9.17, 15) is 23.1 Å². The maximum atomic E-state index is 12.8. The van der Waals surface area contributed by atoms with Crippen LogP contribution in [-0.4, -0.2) is 58.3 Å². The molecule has 14 heteroatoms. The lowest BCUT2D eigenvalue weighted by atomic mass is 10.1. The number of amides is 1. The lowest BCUT2D eigenvalue weighted by molar-refractivity contribution is -0.138. The highest BCUT2D eigenvalue weighted by Gasteiger charge is 2.26. The number of nitrogens with one attached hydrogen (secondary N) is 3. The number of carboxylic acids is 1. The van der Waals surface area contributed by atoms with Gasteiger partial charge in [0.05, 0.1) is 10.3 Å². The van der Waals surface area contributed by atoms with E-state index in [0.717, 1.165) is 48.8 Å². The van der Waals surface area contributed by atoms with Crippen molar-refractivity contribution in [3.63, 3.8) is 0 Å². The molecule has 0 fully saturated rings. The number of nitrogens with zero attached hydrogens (tertiary/aromatic N) is 3. The summed E-state index contributed by atoms with van der Waals surface area (Å²) < 4.78 is 30.5. The number of thioether (sulfide) groups is 1. The summed E-state index contributed by atoms with van der Waals surface area (Å²) in [6, 6.07) is 6.42. The third kappa shape index (κ3) is 8.77. The molecule has 0 saturated carbocycles. The number of carbonyl (C=O) groups excluding carboxylic acids is 1. The van der Waals surface area contributed by atoms with Crippen molar-refractivity contribution in [1.82, 2.24) is 29.9 Å². The van der Waals surface area contributed by atoms with E-state index in [4.69, 9.17) is 0 Å². The molecule has 1 amide bonds. The molecule has 0 unspecified atom stereocenters. The number of sulfonamides is 1. The van der Waals surface area contributed by atoms with E-state index >= 15 is 0 Å². The van der Waals surface area contributed by atoms with Crippen molar-refractivity contribution < 1.29 is 23.1 Å². The van der Waals surface area contributed by atoms with Gasteiger partial charge >= 0.3 is 5.97 Å². The van der Waals surface area contributed by atoms with Crippen LogP contribution in [0, 0.1) is 6.92 Å². The van der Waals surface area contributed by atoms with Gasteiger partial charge in [0, 0.05) is 35.9 Å². The van der Waals surface area contributed by atoms with Gasteiger partial charge < -0.3 is 20.3 Å². The minimum atomic E-state index is -4.04. The van der Waals surface area contributed by atoms with Crippen LogP contribution in [0.4, 0.5) is 0 Å². The molecule has 4 N–H and O–H groups in total. The Labute approximate surface area is 251 Å². The number of hydrogen-bond donors (Lipinski definition) is 4. The number of allylic oxidation sites excluding steroid dienone is 1. The number of aryl methyl sites for hydroxylation is 2. The van der Waals surface area contributed by atoms with Gasteiger partial charge in [-0.15, -0.1) is 11.8 Å². The van der Waals surface area contributed by atoms with Gasteiger partial charge in [0.2, 0.25) is 15.9 Å². The molecule has 11 nitrogen and oxygen atoms in total. The topological polar surface area (TPSA) is 155 Å². The fourth-order valence-electron chi connectivity index (χ4n) is 4.32. The van der Waals surface area contributed by atoms with Crippen molar-refractivity contribution in [2.24, 2.45) is 0 Å². The Hall–Kier alpha value is -2.94. The average Bonchev–Trinajstić information content (AvgIpc) is 3.30. The van der Waals surface area contributed by atoms with Crippen LogP contribution >= 0.6 is 27.7 Å². The number of hydrogen-bond acceptors (Lipinski definition) is 8. The van der Waals surface area contributed by atoms with Gasteiger partial charge in [-0.1, -0.05) is 22.4 Å². The normalized spacial score (nSPS) is 14.9. The molecule has 0 bridgehead atoms. The number of rotatable bonds is 12.